The number of aliphatic hydroxyl groups excluding tert-OH is 4. The predicted octanol–water partition coefficient (Wildman–Crippen LogP) is 8.61. The van der Waals surface area contributed by atoms with Crippen LogP contribution in [0.15, 0.2) is 61.3 Å². The maximum atomic E-state index is 13.2. The molecule has 14 atom stereocenters. The van der Waals surface area contributed by atoms with Crippen LogP contribution in [0.4, 0.5) is 4.79 Å². The van der Waals surface area contributed by atoms with E-state index in [1.54, 1.807) is 31.2 Å². The molecule has 1 unspecified atom stereocenters. The van der Waals surface area contributed by atoms with E-state index in [-0.39, 0.29) is 47.7 Å². The molecular formula is C56H90N4O10. The number of aliphatic hydroxyl groups is 4. The number of Topliss-reactive ketones (excluding diaryl/α,β-unsaturated/α-hetero) is 1. The van der Waals surface area contributed by atoms with Crippen LogP contribution in [0.1, 0.15) is 143 Å². The van der Waals surface area contributed by atoms with E-state index in [9.17, 15) is 34.8 Å². The fourth-order valence-electron chi connectivity index (χ4n) is 10.6. The van der Waals surface area contributed by atoms with Crippen LogP contribution in [0.25, 0.3) is 0 Å². The Hall–Kier alpha value is -3.95. The minimum absolute atomic E-state index is 0.0140. The Morgan fingerprint density at radius 3 is 2.43 bits per heavy atom. The zero-order valence-electron chi connectivity index (χ0n) is 43.4. The van der Waals surface area contributed by atoms with Crippen LogP contribution in [0, 0.1) is 53.3 Å². The van der Waals surface area contributed by atoms with Gasteiger partial charge in [-0.05, 0) is 107 Å². The van der Waals surface area contributed by atoms with E-state index < -0.39 is 42.6 Å². The topological polar surface area (TPSA) is 203 Å². The second kappa shape index (κ2) is 31.5. The van der Waals surface area contributed by atoms with Crippen LogP contribution in [0.5, 0.6) is 0 Å². The third-order valence-electron chi connectivity index (χ3n) is 15.1. The lowest BCUT2D eigenvalue weighted by molar-refractivity contribution is -0.150. The van der Waals surface area contributed by atoms with Crippen molar-refractivity contribution in [3.8, 4) is 0 Å². The Morgan fingerprint density at radius 2 is 1.67 bits per heavy atom. The lowest BCUT2D eigenvalue weighted by Gasteiger charge is -2.31. The summed E-state index contributed by atoms with van der Waals surface area (Å²) in [6, 6.07) is 0. The summed E-state index contributed by atoms with van der Waals surface area (Å²) >= 11 is 0. The number of nitrogens with zero attached hydrogens (tertiary/aromatic N) is 3. The SMILES string of the molecule is C=C/C=C\[C@H](C)C1OC(=O)/C=C\C=C\[C@@H](CCCCn2nnc3c2CC[C@@H]2[C@H](CC3)[C@@H]2COC(=O)NCCOCCCCCCC(C)=O)[C@@H](O)C[C@H](O)/C=C\[C@H](C)[C@H](O)[C@@H](C)C[C@@H](C)CC[C@@H](O)[C@@H]1C. The molecule has 5 N–H and O–H groups in total. The average Bonchev–Trinajstić information content (AvgIpc) is 3.84. The first-order valence-electron chi connectivity index (χ1n) is 26.7. The molecule has 1 fully saturated rings. The smallest absolute Gasteiger partial charge is 0.407 e. The summed E-state index contributed by atoms with van der Waals surface area (Å²) in [5.41, 5.74) is 2.20. The minimum atomic E-state index is -0.915. The highest BCUT2D eigenvalue weighted by atomic mass is 16.6. The molecule has 394 valence electrons. The van der Waals surface area contributed by atoms with Gasteiger partial charge in [-0.3, -0.25) is 0 Å². The fraction of sp³-hybridized carbons (Fsp3) is 0.732. The summed E-state index contributed by atoms with van der Waals surface area (Å²) in [4.78, 5) is 36.7. The third kappa shape index (κ3) is 20.6. The maximum Gasteiger partial charge on any atom is 0.407 e. The highest BCUT2D eigenvalue weighted by molar-refractivity contribution is 5.82. The van der Waals surface area contributed by atoms with Crippen molar-refractivity contribution in [2.75, 3.05) is 26.4 Å². The normalized spacial score (nSPS) is 32.3. The molecule has 1 amide bonds. The molecule has 14 heteroatoms. The second-order valence-corrected chi connectivity index (χ2v) is 21.0. The van der Waals surface area contributed by atoms with Crippen molar-refractivity contribution in [2.24, 2.45) is 53.3 Å². The van der Waals surface area contributed by atoms with Gasteiger partial charge >= 0.3 is 12.1 Å². The van der Waals surface area contributed by atoms with Crippen molar-refractivity contribution in [1.82, 2.24) is 20.3 Å². The molecule has 70 heavy (non-hydrogen) atoms. The first-order chi connectivity index (χ1) is 33.6. The van der Waals surface area contributed by atoms with Gasteiger partial charge in [0.2, 0.25) is 0 Å². The number of ether oxygens (including phenoxy) is 3. The van der Waals surface area contributed by atoms with Gasteiger partial charge in [0.1, 0.15) is 11.9 Å². The number of cyclic esters (lactones) is 1. The van der Waals surface area contributed by atoms with Crippen LogP contribution < -0.4 is 5.32 Å². The van der Waals surface area contributed by atoms with Crippen molar-refractivity contribution < 1.29 is 49.0 Å². The van der Waals surface area contributed by atoms with Crippen LogP contribution in [0.2, 0.25) is 0 Å². The number of aryl methyl sites for hydroxylation is 2. The van der Waals surface area contributed by atoms with Gasteiger partial charge in [-0.25, -0.2) is 14.3 Å². The van der Waals surface area contributed by atoms with Crippen LogP contribution in [-0.4, -0.2) is 110 Å². The number of fused-ring (bicyclic) bond motifs is 2. The zero-order chi connectivity index (χ0) is 51.0. The number of ketones is 1. The number of rotatable bonds is 20. The first kappa shape index (κ1) is 58.6. The summed E-state index contributed by atoms with van der Waals surface area (Å²) in [5.74, 6) is 0.262. The largest absolute Gasteiger partial charge is 0.458 e. The van der Waals surface area contributed by atoms with Crippen molar-refractivity contribution in [1.29, 1.82) is 0 Å². The first-order valence-corrected chi connectivity index (χ1v) is 26.7. The number of amides is 1. The standard InChI is InChI=1S/C56H90N4O10/c1-8-9-18-40(4)55-43(7)51(63)30-23-38(2)35-41(5)54(66)39(3)24-25-45(62)36-52(64)44(20-13-14-22-53(65)70-55)21-15-16-32-60-50-29-27-47-46(26-28-49(50)58-59-60)48(47)37-69-56(67)57-31-34-68-33-17-11-10-12-19-42(6)61/h8-9,13-14,18,20,22,24-25,38-41,43-48,51-52,54-55,62-64,66H,1,10-12,15-17,19,21,23,26-37H2,2-7H3,(H,57,67)/b18-9-,20-13+,22-14-,25-24-/t38-,39-,40-,41-,43-,44-,45+,46-,47+,48-,51+,52-,54-,55?/m0/s1. The number of hydrogen-bond donors (Lipinski definition) is 5. The summed E-state index contributed by atoms with van der Waals surface area (Å²) in [6.07, 6.45) is 24.1. The molecule has 3 aliphatic rings. The average molecular weight is 979 g/mol. The van der Waals surface area contributed by atoms with Crippen molar-refractivity contribution in [2.45, 2.75) is 181 Å². The molecule has 1 aromatic rings. The minimum Gasteiger partial charge on any atom is -0.458 e. The Bertz CT molecular complexity index is 1840. The lowest BCUT2D eigenvalue weighted by atomic mass is 9.82. The molecule has 2 aliphatic carbocycles. The molecule has 4 rings (SSSR count). The summed E-state index contributed by atoms with van der Waals surface area (Å²) in [5, 5.41) is 57.0. The van der Waals surface area contributed by atoms with E-state index >= 15 is 0 Å². The van der Waals surface area contributed by atoms with E-state index in [4.69, 9.17) is 14.2 Å². The molecule has 0 aromatic carbocycles. The number of nitrogens with one attached hydrogen (secondary N) is 1. The van der Waals surface area contributed by atoms with Gasteiger partial charge in [0.05, 0.1) is 49.0 Å². The van der Waals surface area contributed by atoms with E-state index in [2.05, 4.69) is 29.1 Å². The number of hydrogen-bond acceptors (Lipinski definition) is 12. The Kier molecular flexibility index (Phi) is 26.4. The van der Waals surface area contributed by atoms with Gasteiger partial charge in [0.15, 0.2) is 0 Å². The number of carbonyl (C=O) groups excluding carboxylic acids is 3. The van der Waals surface area contributed by atoms with Gasteiger partial charge < -0.3 is 44.7 Å². The molecule has 1 aromatic heterocycles. The van der Waals surface area contributed by atoms with Crippen molar-refractivity contribution in [3.63, 3.8) is 0 Å². The van der Waals surface area contributed by atoms with Crippen LogP contribution in [-0.2, 0) is 43.2 Å². The van der Waals surface area contributed by atoms with Gasteiger partial charge in [-0.2, -0.15) is 0 Å². The summed E-state index contributed by atoms with van der Waals surface area (Å²) < 4.78 is 19.3. The number of aromatic nitrogens is 3. The number of alkyl carbamates (subject to hydrolysis) is 1. The molecule has 14 nitrogen and oxygen atoms in total. The molecule has 1 saturated carbocycles. The number of carbonyl (C=O) groups is 3. The molecule has 0 saturated heterocycles. The van der Waals surface area contributed by atoms with Gasteiger partial charge in [0.25, 0.3) is 0 Å². The molecule has 0 spiro atoms. The highest BCUT2D eigenvalue weighted by Crippen LogP contribution is 2.53. The third-order valence-corrected chi connectivity index (χ3v) is 15.1. The summed E-state index contributed by atoms with van der Waals surface area (Å²) in [7, 11) is 0. The monoisotopic (exact) mass is 979 g/mol. The maximum absolute atomic E-state index is 13.2. The van der Waals surface area contributed by atoms with Crippen LogP contribution >= 0.6 is 0 Å². The number of allylic oxidation sites excluding steroid dienone is 4. The predicted molar refractivity (Wildman–Crippen MR) is 273 cm³/mol. The molecular weight excluding hydrogens is 889 g/mol. The molecule has 2 heterocycles. The van der Waals surface area contributed by atoms with Gasteiger partial charge in [-0.1, -0.05) is 114 Å². The zero-order valence-corrected chi connectivity index (χ0v) is 43.4. The van der Waals surface area contributed by atoms with E-state index in [1.165, 1.54) is 11.8 Å². The van der Waals surface area contributed by atoms with Crippen molar-refractivity contribution >= 4 is 17.8 Å². The number of esters is 1. The molecule has 1 aliphatic heterocycles. The Balaban J connectivity index is 1.30. The quantitative estimate of drug-likeness (QED) is 0.0361. The van der Waals surface area contributed by atoms with Crippen molar-refractivity contribution in [3.05, 3.63) is 72.7 Å². The summed E-state index contributed by atoms with van der Waals surface area (Å²) in [6.45, 7) is 17.9. The Labute approximate surface area is 419 Å². The Morgan fingerprint density at radius 1 is 0.914 bits per heavy atom. The molecule has 0 bridgehead atoms. The van der Waals surface area contributed by atoms with Gasteiger partial charge in [0, 0.05) is 62.3 Å². The number of unbranched alkanes of at least 4 members (excludes halogenated alkanes) is 4. The van der Waals surface area contributed by atoms with E-state index in [0.29, 0.717) is 69.9 Å². The molecule has 0 radical (unpaired) electrons. The second-order valence-electron chi connectivity index (χ2n) is 21.0. The lowest BCUT2D eigenvalue weighted by Crippen LogP contribution is -2.37. The van der Waals surface area contributed by atoms with Gasteiger partial charge in [-0.15, -0.1) is 5.10 Å². The van der Waals surface area contributed by atoms with E-state index in [0.717, 1.165) is 82.7 Å². The van der Waals surface area contributed by atoms with Crippen LogP contribution in [0.3, 0.4) is 0 Å². The van der Waals surface area contributed by atoms with E-state index in [1.807, 2.05) is 56.7 Å². The fourth-order valence-corrected chi connectivity index (χ4v) is 10.6. The highest BCUT2D eigenvalue weighted by Gasteiger charge is 2.50.